The minimum Gasteiger partial charge on any atom is -0.480 e. The molecule has 1 rings (SSSR count). The Kier molecular flexibility index (Phi) is 4.89. The summed E-state index contributed by atoms with van der Waals surface area (Å²) in [5.41, 5.74) is 5.42. The van der Waals surface area contributed by atoms with E-state index in [1.807, 2.05) is 20.8 Å². The molecule has 0 saturated heterocycles. The Balaban J connectivity index is 2.80. The smallest absolute Gasteiger partial charge is 0.261 e. The molecule has 0 aliphatic heterocycles. The van der Waals surface area contributed by atoms with Crippen LogP contribution in [0.2, 0.25) is 0 Å². The Morgan fingerprint density at radius 1 is 1.47 bits per heavy atom. The predicted octanol–water partition coefficient (Wildman–Crippen LogP) is 1.97. The van der Waals surface area contributed by atoms with Crippen LogP contribution in [0.15, 0.2) is 18.2 Å². The number of amides is 1. The molecule has 1 atom stereocenters. The van der Waals surface area contributed by atoms with Crippen molar-refractivity contribution in [3.05, 3.63) is 29.6 Å². The van der Waals surface area contributed by atoms with Gasteiger partial charge in [0.25, 0.3) is 5.91 Å². The van der Waals surface area contributed by atoms with Gasteiger partial charge in [0.1, 0.15) is 11.6 Å². The first-order valence-electron chi connectivity index (χ1n) is 6.20. The van der Waals surface area contributed by atoms with Gasteiger partial charge in [-0.05, 0) is 39.8 Å². The molecule has 0 radical (unpaired) electrons. The number of carbonyl (C=O) groups excluding carboxylic acids is 1. The quantitative estimate of drug-likeness (QED) is 0.877. The van der Waals surface area contributed by atoms with Crippen molar-refractivity contribution >= 4 is 5.91 Å². The highest BCUT2D eigenvalue weighted by molar-refractivity contribution is 5.81. The monoisotopic (exact) mass is 268 g/mol. The van der Waals surface area contributed by atoms with Crippen LogP contribution >= 0.6 is 0 Å². The zero-order chi connectivity index (χ0) is 14.6. The van der Waals surface area contributed by atoms with Crippen molar-refractivity contribution in [2.45, 2.75) is 45.9 Å². The van der Waals surface area contributed by atoms with Crippen molar-refractivity contribution in [2.75, 3.05) is 0 Å². The van der Waals surface area contributed by atoms with E-state index in [0.717, 1.165) is 0 Å². The Labute approximate surface area is 113 Å². The van der Waals surface area contributed by atoms with Crippen LogP contribution in [0.3, 0.4) is 0 Å². The van der Waals surface area contributed by atoms with Gasteiger partial charge in [-0.3, -0.25) is 4.79 Å². The topological polar surface area (TPSA) is 64.3 Å². The van der Waals surface area contributed by atoms with Crippen molar-refractivity contribution in [1.29, 1.82) is 0 Å². The van der Waals surface area contributed by atoms with Crippen LogP contribution in [-0.4, -0.2) is 17.6 Å². The average Bonchev–Trinajstić information content (AvgIpc) is 2.27. The molecule has 1 unspecified atom stereocenters. The van der Waals surface area contributed by atoms with Gasteiger partial charge in [-0.25, -0.2) is 4.39 Å². The zero-order valence-corrected chi connectivity index (χ0v) is 11.8. The molecule has 19 heavy (non-hydrogen) atoms. The van der Waals surface area contributed by atoms with Crippen LogP contribution in [0.1, 0.15) is 33.3 Å². The summed E-state index contributed by atoms with van der Waals surface area (Å²) in [5, 5.41) is 2.80. The first-order valence-corrected chi connectivity index (χ1v) is 6.20. The van der Waals surface area contributed by atoms with E-state index in [0.29, 0.717) is 5.75 Å². The van der Waals surface area contributed by atoms with Gasteiger partial charge in [0, 0.05) is 17.6 Å². The van der Waals surface area contributed by atoms with E-state index in [1.54, 1.807) is 13.0 Å². The molecule has 0 heterocycles. The lowest BCUT2D eigenvalue weighted by atomic mass is 10.1. The maximum absolute atomic E-state index is 13.5. The fraction of sp³-hybridized carbons (Fsp3) is 0.500. The first kappa shape index (κ1) is 15.4. The average molecular weight is 268 g/mol. The number of benzene rings is 1. The van der Waals surface area contributed by atoms with Crippen molar-refractivity contribution in [3.8, 4) is 5.75 Å². The van der Waals surface area contributed by atoms with E-state index in [1.165, 1.54) is 12.1 Å². The summed E-state index contributed by atoms with van der Waals surface area (Å²) in [6, 6.07) is 4.44. The molecule has 3 N–H and O–H groups in total. The third-order valence-corrected chi connectivity index (χ3v) is 2.45. The van der Waals surface area contributed by atoms with Gasteiger partial charge < -0.3 is 15.8 Å². The van der Waals surface area contributed by atoms with Gasteiger partial charge in [-0.2, -0.15) is 0 Å². The van der Waals surface area contributed by atoms with E-state index >= 15 is 0 Å². The maximum atomic E-state index is 13.5. The Morgan fingerprint density at radius 3 is 2.63 bits per heavy atom. The van der Waals surface area contributed by atoms with Gasteiger partial charge in [-0.15, -0.1) is 0 Å². The molecule has 5 heteroatoms. The van der Waals surface area contributed by atoms with Crippen LogP contribution in [-0.2, 0) is 11.3 Å². The molecule has 106 valence electrons. The minimum atomic E-state index is -0.716. The number of halogens is 1. The Hall–Kier alpha value is -1.62. The van der Waals surface area contributed by atoms with Crippen LogP contribution in [0.4, 0.5) is 4.39 Å². The van der Waals surface area contributed by atoms with Crippen molar-refractivity contribution in [2.24, 2.45) is 5.73 Å². The van der Waals surface area contributed by atoms with Gasteiger partial charge in [0.15, 0.2) is 6.10 Å². The van der Waals surface area contributed by atoms with E-state index in [2.05, 4.69) is 5.32 Å². The molecular weight excluding hydrogens is 247 g/mol. The Morgan fingerprint density at radius 2 is 2.11 bits per heavy atom. The fourth-order valence-electron chi connectivity index (χ4n) is 1.56. The molecule has 1 aromatic carbocycles. The van der Waals surface area contributed by atoms with E-state index in [4.69, 9.17) is 10.5 Å². The first-order chi connectivity index (χ1) is 8.74. The van der Waals surface area contributed by atoms with Crippen LogP contribution in [0.25, 0.3) is 0 Å². The van der Waals surface area contributed by atoms with Crippen LogP contribution < -0.4 is 15.8 Å². The number of ether oxygens (including phenoxy) is 1. The number of rotatable bonds is 4. The summed E-state index contributed by atoms with van der Waals surface area (Å²) in [4.78, 5) is 11.9. The number of nitrogens with two attached hydrogens (primary N) is 1. The molecule has 0 bridgehead atoms. The summed E-state index contributed by atoms with van der Waals surface area (Å²) in [5.74, 6) is -0.373. The van der Waals surface area contributed by atoms with Gasteiger partial charge in [0.2, 0.25) is 0 Å². The number of hydrogen-bond acceptors (Lipinski definition) is 3. The normalized spacial score (nSPS) is 12.9. The lowest BCUT2D eigenvalue weighted by Crippen LogP contribution is -2.46. The standard InChI is InChI=1S/C14H21FN2O2/c1-9(13(18)17-14(2,3)4)19-12-7-5-6-11(15)10(12)8-16/h5-7,9H,8,16H2,1-4H3,(H,17,18). The molecule has 1 aromatic rings. The summed E-state index contributed by atoms with van der Waals surface area (Å²) in [6.45, 7) is 7.28. The third kappa shape index (κ3) is 4.52. The summed E-state index contributed by atoms with van der Waals surface area (Å²) >= 11 is 0. The number of hydrogen-bond donors (Lipinski definition) is 2. The second-order valence-corrected chi connectivity index (χ2v) is 5.42. The summed E-state index contributed by atoms with van der Waals surface area (Å²) in [7, 11) is 0. The molecule has 0 saturated carbocycles. The summed E-state index contributed by atoms with van der Waals surface area (Å²) in [6.07, 6.45) is -0.716. The van der Waals surface area contributed by atoms with Gasteiger partial charge in [0.05, 0.1) is 0 Å². The highest BCUT2D eigenvalue weighted by atomic mass is 19.1. The van der Waals surface area contributed by atoms with E-state index < -0.39 is 11.9 Å². The lowest BCUT2D eigenvalue weighted by Gasteiger charge is -2.24. The molecule has 0 spiro atoms. The second kappa shape index (κ2) is 6.02. The number of nitrogens with one attached hydrogen (secondary N) is 1. The third-order valence-electron chi connectivity index (χ3n) is 2.45. The van der Waals surface area contributed by atoms with Crippen molar-refractivity contribution < 1.29 is 13.9 Å². The van der Waals surface area contributed by atoms with Gasteiger partial charge in [-0.1, -0.05) is 6.07 Å². The minimum absolute atomic E-state index is 0.0234. The highest BCUT2D eigenvalue weighted by Gasteiger charge is 2.21. The largest absolute Gasteiger partial charge is 0.480 e. The molecular formula is C14H21FN2O2. The molecule has 0 aliphatic carbocycles. The second-order valence-electron chi connectivity index (χ2n) is 5.42. The van der Waals surface area contributed by atoms with Crippen molar-refractivity contribution in [3.63, 3.8) is 0 Å². The fourth-order valence-corrected chi connectivity index (χ4v) is 1.56. The molecule has 0 fully saturated rings. The summed E-state index contributed by atoms with van der Waals surface area (Å²) < 4.78 is 19.0. The van der Waals surface area contributed by atoms with E-state index in [9.17, 15) is 9.18 Å². The van der Waals surface area contributed by atoms with Crippen LogP contribution in [0.5, 0.6) is 5.75 Å². The Bertz CT molecular complexity index is 455. The number of carbonyl (C=O) groups is 1. The van der Waals surface area contributed by atoms with E-state index in [-0.39, 0.29) is 23.6 Å². The predicted molar refractivity (Wildman–Crippen MR) is 72.3 cm³/mol. The molecule has 1 amide bonds. The van der Waals surface area contributed by atoms with Crippen LogP contribution in [0, 0.1) is 5.82 Å². The molecule has 0 aliphatic rings. The maximum Gasteiger partial charge on any atom is 0.261 e. The van der Waals surface area contributed by atoms with Gasteiger partial charge >= 0.3 is 0 Å². The SMILES string of the molecule is CC(Oc1cccc(F)c1CN)C(=O)NC(C)(C)C. The lowest BCUT2D eigenvalue weighted by molar-refractivity contribution is -0.128. The van der Waals surface area contributed by atoms with Crippen molar-refractivity contribution in [1.82, 2.24) is 5.32 Å². The molecule has 4 nitrogen and oxygen atoms in total. The zero-order valence-electron chi connectivity index (χ0n) is 11.8. The highest BCUT2D eigenvalue weighted by Crippen LogP contribution is 2.22. The molecule has 0 aromatic heterocycles.